The Morgan fingerprint density at radius 2 is 2.24 bits per heavy atom. The lowest BCUT2D eigenvalue weighted by atomic mass is 10.1. The molecule has 0 spiro atoms. The Bertz CT molecular complexity index is 609. The summed E-state index contributed by atoms with van der Waals surface area (Å²) in [7, 11) is 0. The third-order valence-electron chi connectivity index (χ3n) is 3.19. The highest BCUT2D eigenvalue weighted by atomic mass is 32.1. The SMILES string of the molecule is CCNCC(C)C(=O)Nc1cccc(-c2csc(C)n2)c1. The second-order valence-corrected chi connectivity index (χ2v) is 6.09. The van der Waals surface area contributed by atoms with E-state index in [4.69, 9.17) is 0 Å². The van der Waals surface area contributed by atoms with Crippen LogP contribution in [0.4, 0.5) is 5.69 Å². The van der Waals surface area contributed by atoms with Gasteiger partial charge in [0.2, 0.25) is 5.91 Å². The van der Waals surface area contributed by atoms with Crippen molar-refractivity contribution in [3.8, 4) is 11.3 Å². The maximum atomic E-state index is 12.1. The standard InChI is InChI=1S/C16H21N3OS/c1-4-17-9-11(2)16(20)19-14-7-5-6-13(8-14)15-10-21-12(3)18-15/h5-8,10-11,17H,4,9H2,1-3H3,(H,19,20). The van der Waals surface area contributed by atoms with E-state index in [2.05, 4.69) is 15.6 Å². The van der Waals surface area contributed by atoms with Gasteiger partial charge in [0.1, 0.15) is 0 Å². The number of thiazole rings is 1. The van der Waals surface area contributed by atoms with Gasteiger partial charge in [0.05, 0.1) is 10.7 Å². The first-order chi connectivity index (χ1) is 10.1. The van der Waals surface area contributed by atoms with Gasteiger partial charge in [-0.1, -0.05) is 26.0 Å². The molecule has 0 aliphatic rings. The van der Waals surface area contributed by atoms with Gasteiger partial charge in [-0.05, 0) is 25.6 Å². The number of nitrogens with zero attached hydrogens (tertiary/aromatic N) is 1. The summed E-state index contributed by atoms with van der Waals surface area (Å²) in [5, 5.41) is 9.22. The minimum absolute atomic E-state index is 0.0301. The van der Waals surface area contributed by atoms with E-state index in [9.17, 15) is 4.79 Å². The number of rotatable bonds is 6. The van der Waals surface area contributed by atoms with Crippen molar-refractivity contribution in [3.63, 3.8) is 0 Å². The zero-order chi connectivity index (χ0) is 15.2. The number of hydrogen-bond acceptors (Lipinski definition) is 4. The lowest BCUT2D eigenvalue weighted by molar-refractivity contribution is -0.119. The normalized spacial score (nSPS) is 12.1. The molecule has 1 heterocycles. The molecule has 5 heteroatoms. The lowest BCUT2D eigenvalue weighted by Crippen LogP contribution is -2.30. The Labute approximate surface area is 129 Å². The van der Waals surface area contributed by atoms with Crippen LogP contribution < -0.4 is 10.6 Å². The highest BCUT2D eigenvalue weighted by Crippen LogP contribution is 2.24. The molecule has 21 heavy (non-hydrogen) atoms. The molecule has 0 saturated heterocycles. The third-order valence-corrected chi connectivity index (χ3v) is 3.97. The van der Waals surface area contributed by atoms with Crippen molar-refractivity contribution < 1.29 is 4.79 Å². The molecule has 0 aliphatic carbocycles. The van der Waals surface area contributed by atoms with Crippen LogP contribution >= 0.6 is 11.3 Å². The van der Waals surface area contributed by atoms with Gasteiger partial charge in [-0.25, -0.2) is 4.98 Å². The third kappa shape index (κ3) is 4.37. The predicted octanol–water partition coefficient (Wildman–Crippen LogP) is 3.30. The average Bonchev–Trinajstić information content (AvgIpc) is 2.91. The summed E-state index contributed by atoms with van der Waals surface area (Å²) in [6, 6.07) is 7.81. The summed E-state index contributed by atoms with van der Waals surface area (Å²) in [5.74, 6) is -0.0299. The number of nitrogens with one attached hydrogen (secondary N) is 2. The molecule has 0 radical (unpaired) electrons. The molecule has 1 aromatic heterocycles. The van der Waals surface area contributed by atoms with E-state index in [1.165, 1.54) is 0 Å². The summed E-state index contributed by atoms with van der Waals surface area (Å²) in [5.41, 5.74) is 2.79. The summed E-state index contributed by atoms with van der Waals surface area (Å²) in [4.78, 5) is 16.6. The van der Waals surface area contributed by atoms with Gasteiger partial charge in [0.25, 0.3) is 0 Å². The smallest absolute Gasteiger partial charge is 0.228 e. The first kappa shape index (κ1) is 15.7. The van der Waals surface area contributed by atoms with Crippen molar-refractivity contribution in [2.45, 2.75) is 20.8 Å². The molecular formula is C16H21N3OS. The molecule has 1 atom stereocenters. The molecule has 0 aliphatic heterocycles. The Hall–Kier alpha value is -1.72. The number of benzene rings is 1. The first-order valence-corrected chi connectivity index (χ1v) is 8.02. The van der Waals surface area contributed by atoms with E-state index >= 15 is 0 Å². The summed E-state index contributed by atoms with van der Waals surface area (Å²) >= 11 is 1.63. The van der Waals surface area contributed by atoms with Crippen LogP contribution in [-0.2, 0) is 4.79 Å². The second kappa shape index (κ2) is 7.33. The number of aryl methyl sites for hydroxylation is 1. The minimum atomic E-state index is -0.0601. The van der Waals surface area contributed by atoms with Gasteiger partial charge in [0.15, 0.2) is 0 Å². The lowest BCUT2D eigenvalue weighted by Gasteiger charge is -2.13. The van der Waals surface area contributed by atoms with Gasteiger partial charge < -0.3 is 10.6 Å². The Morgan fingerprint density at radius 3 is 2.90 bits per heavy atom. The highest BCUT2D eigenvalue weighted by Gasteiger charge is 2.12. The molecule has 2 rings (SSSR count). The Balaban J connectivity index is 2.06. The molecule has 0 fully saturated rings. The zero-order valence-electron chi connectivity index (χ0n) is 12.6. The fourth-order valence-electron chi connectivity index (χ4n) is 1.97. The Morgan fingerprint density at radius 1 is 1.43 bits per heavy atom. The maximum Gasteiger partial charge on any atom is 0.228 e. The van der Waals surface area contributed by atoms with Crippen LogP contribution in [-0.4, -0.2) is 24.0 Å². The number of anilines is 1. The van der Waals surface area contributed by atoms with E-state index in [-0.39, 0.29) is 11.8 Å². The number of amides is 1. The molecular weight excluding hydrogens is 282 g/mol. The number of hydrogen-bond donors (Lipinski definition) is 2. The molecule has 112 valence electrons. The van der Waals surface area contributed by atoms with Crippen LogP contribution in [0.15, 0.2) is 29.6 Å². The minimum Gasteiger partial charge on any atom is -0.326 e. The quantitative estimate of drug-likeness (QED) is 0.861. The average molecular weight is 303 g/mol. The topological polar surface area (TPSA) is 54.0 Å². The number of carbonyl (C=O) groups is 1. The maximum absolute atomic E-state index is 12.1. The van der Waals surface area contributed by atoms with Gasteiger partial charge in [-0.15, -0.1) is 11.3 Å². The van der Waals surface area contributed by atoms with Gasteiger partial charge in [-0.2, -0.15) is 0 Å². The molecule has 2 aromatic rings. The Kier molecular flexibility index (Phi) is 5.47. The van der Waals surface area contributed by atoms with Crippen LogP contribution in [0.1, 0.15) is 18.9 Å². The monoisotopic (exact) mass is 303 g/mol. The van der Waals surface area contributed by atoms with Gasteiger partial charge in [0, 0.05) is 29.1 Å². The molecule has 1 unspecified atom stereocenters. The number of carbonyl (C=O) groups excluding carboxylic acids is 1. The van der Waals surface area contributed by atoms with Crippen LogP contribution in [0.25, 0.3) is 11.3 Å². The molecule has 2 N–H and O–H groups in total. The van der Waals surface area contributed by atoms with E-state index < -0.39 is 0 Å². The largest absolute Gasteiger partial charge is 0.326 e. The van der Waals surface area contributed by atoms with Gasteiger partial charge >= 0.3 is 0 Å². The van der Waals surface area contributed by atoms with Crippen LogP contribution in [0.5, 0.6) is 0 Å². The summed E-state index contributed by atoms with van der Waals surface area (Å²) in [6.07, 6.45) is 0. The van der Waals surface area contributed by atoms with E-state index in [1.807, 2.05) is 50.4 Å². The van der Waals surface area contributed by atoms with Crippen molar-refractivity contribution in [2.24, 2.45) is 5.92 Å². The zero-order valence-corrected chi connectivity index (χ0v) is 13.5. The van der Waals surface area contributed by atoms with Crippen LogP contribution in [0.3, 0.4) is 0 Å². The predicted molar refractivity (Wildman–Crippen MR) is 88.6 cm³/mol. The summed E-state index contributed by atoms with van der Waals surface area (Å²) in [6.45, 7) is 7.50. The van der Waals surface area contributed by atoms with Crippen LogP contribution in [0.2, 0.25) is 0 Å². The first-order valence-electron chi connectivity index (χ1n) is 7.14. The summed E-state index contributed by atoms with van der Waals surface area (Å²) < 4.78 is 0. The van der Waals surface area contributed by atoms with Crippen molar-refractivity contribution in [2.75, 3.05) is 18.4 Å². The fraction of sp³-hybridized carbons (Fsp3) is 0.375. The van der Waals surface area contributed by atoms with Crippen molar-refractivity contribution in [1.29, 1.82) is 0 Å². The molecule has 0 bridgehead atoms. The van der Waals surface area contributed by atoms with Crippen LogP contribution in [0, 0.1) is 12.8 Å². The van der Waals surface area contributed by atoms with Crippen molar-refractivity contribution in [3.05, 3.63) is 34.7 Å². The molecule has 0 saturated carbocycles. The fourth-order valence-corrected chi connectivity index (χ4v) is 2.59. The number of aromatic nitrogens is 1. The van der Waals surface area contributed by atoms with E-state index in [0.29, 0.717) is 6.54 Å². The molecule has 1 aromatic carbocycles. The van der Waals surface area contributed by atoms with Crippen molar-refractivity contribution in [1.82, 2.24) is 10.3 Å². The van der Waals surface area contributed by atoms with Crippen molar-refractivity contribution >= 4 is 22.9 Å². The highest BCUT2D eigenvalue weighted by molar-refractivity contribution is 7.09. The molecule has 1 amide bonds. The van der Waals surface area contributed by atoms with Gasteiger partial charge in [-0.3, -0.25) is 4.79 Å². The molecule has 4 nitrogen and oxygen atoms in total. The van der Waals surface area contributed by atoms with E-state index in [1.54, 1.807) is 11.3 Å². The van der Waals surface area contributed by atoms with E-state index in [0.717, 1.165) is 28.5 Å². The second-order valence-electron chi connectivity index (χ2n) is 5.03.